The van der Waals surface area contributed by atoms with Gasteiger partial charge in [-0.05, 0) is 24.1 Å². The van der Waals surface area contributed by atoms with Gasteiger partial charge in [-0.2, -0.15) is 10.4 Å². The number of carbonyl (C=O) groups is 2. The number of rotatable bonds is 8. The molecule has 1 atom stereocenters. The number of benzene rings is 1. The zero-order chi connectivity index (χ0) is 18.1. The Labute approximate surface area is 148 Å². The Kier molecular flexibility index (Phi) is 6.98. The minimum absolute atomic E-state index is 0.260. The second-order valence-electron chi connectivity index (χ2n) is 5.03. The third-order valence-electron chi connectivity index (χ3n) is 3.05. The summed E-state index contributed by atoms with van der Waals surface area (Å²) in [6.45, 7) is 0.462. The van der Waals surface area contributed by atoms with Crippen molar-refractivity contribution in [1.82, 2.24) is 5.32 Å². The Bertz CT molecular complexity index is 742. The van der Waals surface area contributed by atoms with Crippen LogP contribution in [0.2, 0.25) is 0 Å². The van der Waals surface area contributed by atoms with E-state index in [0.717, 1.165) is 17.3 Å². The number of ether oxygens (including phenoxy) is 1. The number of carbonyl (C=O) groups excluding carboxylic acids is 1. The van der Waals surface area contributed by atoms with Crippen molar-refractivity contribution in [3.05, 3.63) is 29.8 Å². The molecule has 130 valence electrons. The molecule has 1 fully saturated rings. The van der Waals surface area contributed by atoms with Crippen LogP contribution in [0, 0.1) is 11.3 Å². The molecule has 1 aliphatic rings. The summed E-state index contributed by atoms with van der Waals surface area (Å²) >= 11 is 1.04. The predicted molar refractivity (Wildman–Crippen MR) is 93.6 cm³/mol. The van der Waals surface area contributed by atoms with E-state index in [4.69, 9.17) is 15.1 Å². The zero-order valence-corrected chi connectivity index (χ0v) is 14.0. The summed E-state index contributed by atoms with van der Waals surface area (Å²) in [5, 5.41) is 27.1. The summed E-state index contributed by atoms with van der Waals surface area (Å²) in [5.41, 5.74) is 0.763. The summed E-state index contributed by atoms with van der Waals surface area (Å²) in [6.07, 6.45) is 2.36. The molecule has 1 saturated heterocycles. The van der Waals surface area contributed by atoms with E-state index < -0.39 is 11.2 Å². The van der Waals surface area contributed by atoms with Crippen molar-refractivity contribution in [3.8, 4) is 11.8 Å². The molecule has 1 aromatic carbocycles. The molecular weight excluding hydrogens is 344 g/mol. The molecule has 25 heavy (non-hydrogen) atoms. The number of aliphatic carboxylic acids is 1. The summed E-state index contributed by atoms with van der Waals surface area (Å²) in [4.78, 5) is 22.2. The summed E-state index contributed by atoms with van der Waals surface area (Å²) in [7, 11) is 0. The van der Waals surface area contributed by atoms with Gasteiger partial charge in [0.2, 0.25) is 5.91 Å². The highest BCUT2D eigenvalue weighted by molar-refractivity contribution is 8.15. The van der Waals surface area contributed by atoms with E-state index >= 15 is 0 Å². The molecule has 9 heteroatoms. The largest absolute Gasteiger partial charge is 0.494 e. The number of nitrogens with one attached hydrogen (secondary N) is 1. The van der Waals surface area contributed by atoms with Gasteiger partial charge < -0.3 is 15.2 Å². The lowest BCUT2D eigenvalue weighted by atomic mass is 10.2. The van der Waals surface area contributed by atoms with Crippen LogP contribution in [0.5, 0.6) is 5.75 Å². The molecule has 2 rings (SSSR count). The third-order valence-corrected chi connectivity index (χ3v) is 4.12. The summed E-state index contributed by atoms with van der Waals surface area (Å²) < 4.78 is 5.53. The molecule has 8 nitrogen and oxygen atoms in total. The van der Waals surface area contributed by atoms with Gasteiger partial charge in [-0.3, -0.25) is 9.59 Å². The SMILES string of the molecule is N#CCCCOc1cccc(C=NN=C2NC(=O)C(CC(=O)O)S2)c1. The molecule has 0 radical (unpaired) electrons. The van der Waals surface area contributed by atoms with Crippen molar-refractivity contribution in [2.24, 2.45) is 10.2 Å². The second kappa shape index (κ2) is 9.44. The molecule has 1 aliphatic heterocycles. The number of nitriles is 1. The van der Waals surface area contributed by atoms with Crippen molar-refractivity contribution in [1.29, 1.82) is 5.26 Å². The molecule has 1 aromatic rings. The van der Waals surface area contributed by atoms with Gasteiger partial charge in [-0.25, -0.2) is 0 Å². The third kappa shape index (κ3) is 6.27. The van der Waals surface area contributed by atoms with Crippen LogP contribution in [0.15, 0.2) is 34.5 Å². The van der Waals surface area contributed by atoms with Crippen molar-refractivity contribution in [2.75, 3.05) is 6.61 Å². The topological polar surface area (TPSA) is 124 Å². The molecule has 0 spiro atoms. The maximum absolute atomic E-state index is 11.6. The van der Waals surface area contributed by atoms with Crippen LogP contribution < -0.4 is 10.1 Å². The monoisotopic (exact) mass is 360 g/mol. The number of hydrogen-bond acceptors (Lipinski definition) is 7. The molecule has 0 saturated carbocycles. The Morgan fingerprint density at radius 3 is 3.12 bits per heavy atom. The average Bonchev–Trinajstić information content (AvgIpc) is 2.91. The lowest BCUT2D eigenvalue weighted by Crippen LogP contribution is -2.26. The lowest BCUT2D eigenvalue weighted by Gasteiger charge is -2.04. The number of thioether (sulfide) groups is 1. The van der Waals surface area contributed by atoms with Gasteiger partial charge in [-0.1, -0.05) is 23.9 Å². The van der Waals surface area contributed by atoms with Crippen molar-refractivity contribution >= 4 is 35.0 Å². The molecule has 2 N–H and O–H groups in total. The van der Waals surface area contributed by atoms with Crippen LogP contribution in [-0.4, -0.2) is 40.2 Å². The van der Waals surface area contributed by atoms with Crippen LogP contribution in [0.3, 0.4) is 0 Å². The number of carboxylic acids is 1. The minimum atomic E-state index is -1.04. The number of amidine groups is 1. The maximum atomic E-state index is 11.6. The van der Waals surface area contributed by atoms with E-state index in [1.54, 1.807) is 12.1 Å². The van der Waals surface area contributed by atoms with Crippen LogP contribution in [0.25, 0.3) is 0 Å². The molecule has 1 amide bonds. The average molecular weight is 360 g/mol. The molecule has 1 unspecified atom stereocenters. The first-order chi connectivity index (χ1) is 12.1. The first-order valence-corrected chi connectivity index (χ1v) is 8.36. The second-order valence-corrected chi connectivity index (χ2v) is 6.22. The fourth-order valence-corrected chi connectivity index (χ4v) is 2.83. The van der Waals surface area contributed by atoms with Gasteiger partial charge in [-0.15, -0.1) is 5.10 Å². The minimum Gasteiger partial charge on any atom is -0.494 e. The Hall–Kier alpha value is -2.86. The number of carboxylic acid groups (broad SMARTS) is 1. The molecular formula is C16H16N4O4S. The quantitative estimate of drug-likeness (QED) is 0.413. The molecule has 1 heterocycles. The fraction of sp³-hybridized carbons (Fsp3) is 0.312. The Morgan fingerprint density at radius 1 is 1.52 bits per heavy atom. The summed E-state index contributed by atoms with van der Waals surface area (Å²) in [5.74, 6) is -0.752. The number of nitrogens with zero attached hydrogens (tertiary/aromatic N) is 3. The fourth-order valence-electron chi connectivity index (χ4n) is 1.92. The van der Waals surface area contributed by atoms with E-state index in [9.17, 15) is 9.59 Å². The predicted octanol–water partition coefficient (Wildman–Crippen LogP) is 1.77. The standard InChI is InChI=1S/C16H16N4O4S/c17-6-1-2-7-24-12-5-3-4-11(8-12)10-18-20-16-19-15(23)13(25-16)9-14(21)22/h3-5,8,10,13H,1-2,7,9H2,(H,21,22)(H,19,20,23). The van der Waals surface area contributed by atoms with Crippen molar-refractivity contribution < 1.29 is 19.4 Å². The van der Waals surface area contributed by atoms with Gasteiger partial charge in [0.05, 0.1) is 25.3 Å². The number of hydrogen-bond donors (Lipinski definition) is 2. The van der Waals surface area contributed by atoms with Crippen LogP contribution in [-0.2, 0) is 9.59 Å². The van der Waals surface area contributed by atoms with E-state index in [-0.39, 0.29) is 17.5 Å². The summed E-state index contributed by atoms with van der Waals surface area (Å²) in [6, 6.07) is 9.27. The van der Waals surface area contributed by atoms with Crippen LogP contribution in [0.4, 0.5) is 0 Å². The molecule has 0 bridgehead atoms. The van der Waals surface area contributed by atoms with E-state index in [2.05, 4.69) is 21.6 Å². The Balaban J connectivity index is 1.90. The highest BCUT2D eigenvalue weighted by Gasteiger charge is 2.32. The van der Waals surface area contributed by atoms with E-state index in [1.165, 1.54) is 6.21 Å². The van der Waals surface area contributed by atoms with Crippen molar-refractivity contribution in [2.45, 2.75) is 24.5 Å². The van der Waals surface area contributed by atoms with Gasteiger partial charge >= 0.3 is 5.97 Å². The highest BCUT2D eigenvalue weighted by atomic mass is 32.2. The van der Waals surface area contributed by atoms with E-state index in [0.29, 0.717) is 25.2 Å². The van der Waals surface area contributed by atoms with Crippen molar-refractivity contribution in [3.63, 3.8) is 0 Å². The van der Waals surface area contributed by atoms with Gasteiger partial charge in [0, 0.05) is 6.42 Å². The number of amides is 1. The maximum Gasteiger partial charge on any atom is 0.305 e. The zero-order valence-electron chi connectivity index (χ0n) is 13.2. The molecule has 0 aromatic heterocycles. The van der Waals surface area contributed by atoms with Crippen LogP contribution in [0.1, 0.15) is 24.8 Å². The Morgan fingerprint density at radius 2 is 2.36 bits per heavy atom. The first kappa shape index (κ1) is 18.5. The van der Waals surface area contributed by atoms with E-state index in [1.807, 2.05) is 12.1 Å². The number of unbranched alkanes of at least 4 members (excludes halogenated alkanes) is 1. The lowest BCUT2D eigenvalue weighted by molar-refractivity contribution is -0.138. The highest BCUT2D eigenvalue weighted by Crippen LogP contribution is 2.22. The molecule has 0 aliphatic carbocycles. The first-order valence-electron chi connectivity index (χ1n) is 7.48. The smallest absolute Gasteiger partial charge is 0.305 e. The van der Waals surface area contributed by atoms with Crippen LogP contribution >= 0.6 is 11.8 Å². The van der Waals surface area contributed by atoms with Gasteiger partial charge in [0.25, 0.3) is 0 Å². The van der Waals surface area contributed by atoms with Gasteiger partial charge in [0.15, 0.2) is 5.17 Å². The normalized spacial score (nSPS) is 18.3. The van der Waals surface area contributed by atoms with Gasteiger partial charge in [0.1, 0.15) is 11.0 Å².